The molecule has 0 spiro atoms. The summed E-state index contributed by atoms with van der Waals surface area (Å²) in [5.74, 6) is -0.228. The number of nitrogens with one attached hydrogen (secondary N) is 1. The molecule has 2 amide bonds. The summed E-state index contributed by atoms with van der Waals surface area (Å²) < 4.78 is 34.2. The number of methoxy groups -OCH3 is 1. The zero-order valence-electron chi connectivity index (χ0n) is 23.3. The standard InChI is InChI=1S/C30H37N3O5S/c1-21(2)31-30(35)24(5)32(19-25-10-8-12-27(18-25)38-6)29(34)20-33(26-11-7-9-23(4)17-26)39(36,37)28-15-13-22(3)14-16-28/h7-18,21,24H,19-20H2,1-6H3,(H,31,35). The predicted octanol–water partition coefficient (Wildman–Crippen LogP) is 4.45. The minimum absolute atomic E-state index is 0.0763. The molecule has 1 atom stereocenters. The molecule has 3 rings (SSSR count). The minimum Gasteiger partial charge on any atom is -0.497 e. The van der Waals surface area contributed by atoms with E-state index in [-0.39, 0.29) is 23.4 Å². The lowest BCUT2D eigenvalue weighted by Crippen LogP contribution is -2.52. The SMILES string of the molecule is COc1cccc(CN(C(=O)CN(c2cccc(C)c2)S(=O)(=O)c2ccc(C)cc2)C(C)C(=O)NC(C)C)c1. The third-order valence-corrected chi connectivity index (χ3v) is 8.05. The molecule has 39 heavy (non-hydrogen) atoms. The maximum absolute atomic E-state index is 13.9. The summed E-state index contributed by atoms with van der Waals surface area (Å²) in [6, 6.07) is 19.7. The summed E-state index contributed by atoms with van der Waals surface area (Å²) in [5, 5.41) is 2.85. The van der Waals surface area contributed by atoms with E-state index in [9.17, 15) is 18.0 Å². The van der Waals surface area contributed by atoms with Crippen LogP contribution in [0.5, 0.6) is 5.75 Å². The number of aryl methyl sites for hydroxylation is 2. The van der Waals surface area contributed by atoms with Crippen LogP contribution < -0.4 is 14.4 Å². The smallest absolute Gasteiger partial charge is 0.264 e. The summed E-state index contributed by atoms with van der Waals surface area (Å²) in [4.78, 5) is 28.4. The number of hydrogen-bond acceptors (Lipinski definition) is 5. The van der Waals surface area contributed by atoms with Gasteiger partial charge in [-0.2, -0.15) is 0 Å². The second-order valence-electron chi connectivity index (χ2n) is 9.88. The van der Waals surface area contributed by atoms with Crippen molar-refractivity contribution in [1.29, 1.82) is 0 Å². The molecule has 9 heteroatoms. The first-order valence-corrected chi connectivity index (χ1v) is 14.2. The van der Waals surface area contributed by atoms with Crippen LogP contribution in [0, 0.1) is 13.8 Å². The summed E-state index contributed by atoms with van der Waals surface area (Å²) in [6.45, 7) is 8.66. The topological polar surface area (TPSA) is 96.0 Å². The van der Waals surface area contributed by atoms with E-state index < -0.39 is 28.5 Å². The van der Waals surface area contributed by atoms with Gasteiger partial charge in [-0.25, -0.2) is 8.42 Å². The van der Waals surface area contributed by atoms with Gasteiger partial charge < -0.3 is 15.0 Å². The fourth-order valence-electron chi connectivity index (χ4n) is 4.10. The van der Waals surface area contributed by atoms with E-state index >= 15 is 0 Å². The van der Waals surface area contributed by atoms with E-state index in [1.165, 1.54) is 17.0 Å². The Bertz CT molecular complexity index is 1400. The fraction of sp³-hybridized carbons (Fsp3) is 0.333. The van der Waals surface area contributed by atoms with Gasteiger partial charge in [0.25, 0.3) is 10.0 Å². The van der Waals surface area contributed by atoms with Gasteiger partial charge in [-0.3, -0.25) is 13.9 Å². The summed E-state index contributed by atoms with van der Waals surface area (Å²) in [5.41, 5.74) is 2.88. The zero-order chi connectivity index (χ0) is 28.7. The Kier molecular flexibility index (Phi) is 9.75. The molecule has 1 unspecified atom stereocenters. The number of hydrogen-bond donors (Lipinski definition) is 1. The molecule has 0 radical (unpaired) electrons. The lowest BCUT2D eigenvalue weighted by atomic mass is 10.1. The zero-order valence-corrected chi connectivity index (χ0v) is 24.2. The Morgan fingerprint density at radius 3 is 2.18 bits per heavy atom. The molecule has 3 aromatic carbocycles. The van der Waals surface area contributed by atoms with Crippen LogP contribution in [0.4, 0.5) is 5.69 Å². The lowest BCUT2D eigenvalue weighted by molar-refractivity contribution is -0.139. The monoisotopic (exact) mass is 551 g/mol. The summed E-state index contributed by atoms with van der Waals surface area (Å²) in [6.07, 6.45) is 0. The van der Waals surface area contributed by atoms with Gasteiger partial charge in [-0.15, -0.1) is 0 Å². The highest BCUT2D eigenvalue weighted by molar-refractivity contribution is 7.92. The highest BCUT2D eigenvalue weighted by atomic mass is 32.2. The highest BCUT2D eigenvalue weighted by Gasteiger charge is 2.32. The summed E-state index contributed by atoms with van der Waals surface area (Å²) >= 11 is 0. The van der Waals surface area contributed by atoms with E-state index in [0.29, 0.717) is 11.4 Å². The molecule has 3 aromatic rings. The predicted molar refractivity (Wildman–Crippen MR) is 153 cm³/mol. The van der Waals surface area contributed by atoms with Gasteiger partial charge >= 0.3 is 0 Å². The van der Waals surface area contributed by atoms with Crippen LogP contribution in [0.25, 0.3) is 0 Å². The number of carbonyl (C=O) groups is 2. The van der Waals surface area contributed by atoms with Crippen molar-refractivity contribution in [3.05, 3.63) is 89.5 Å². The molecule has 1 N–H and O–H groups in total. The van der Waals surface area contributed by atoms with Gasteiger partial charge in [0.15, 0.2) is 0 Å². The van der Waals surface area contributed by atoms with Crippen LogP contribution in [0.15, 0.2) is 77.7 Å². The number of nitrogens with zero attached hydrogens (tertiary/aromatic N) is 2. The second-order valence-corrected chi connectivity index (χ2v) is 11.7. The quantitative estimate of drug-likeness (QED) is 0.380. The van der Waals surface area contributed by atoms with Crippen LogP contribution in [0.1, 0.15) is 37.5 Å². The molecular formula is C30H37N3O5S. The van der Waals surface area contributed by atoms with Crippen molar-refractivity contribution in [3.63, 3.8) is 0 Å². The van der Waals surface area contributed by atoms with Gasteiger partial charge in [0.2, 0.25) is 11.8 Å². The Morgan fingerprint density at radius 2 is 1.56 bits per heavy atom. The molecule has 0 fully saturated rings. The van der Waals surface area contributed by atoms with E-state index in [1.54, 1.807) is 62.6 Å². The molecule has 0 aliphatic carbocycles. The van der Waals surface area contributed by atoms with E-state index in [0.717, 1.165) is 21.0 Å². The van der Waals surface area contributed by atoms with Crippen molar-refractivity contribution in [2.75, 3.05) is 18.0 Å². The maximum atomic E-state index is 13.9. The highest BCUT2D eigenvalue weighted by Crippen LogP contribution is 2.26. The van der Waals surface area contributed by atoms with E-state index in [1.807, 2.05) is 39.8 Å². The molecule has 0 heterocycles. The van der Waals surface area contributed by atoms with Crippen LogP contribution in [0.2, 0.25) is 0 Å². The van der Waals surface area contributed by atoms with Crippen molar-refractivity contribution >= 4 is 27.5 Å². The average Bonchev–Trinajstić information content (AvgIpc) is 2.89. The second kappa shape index (κ2) is 12.8. The van der Waals surface area contributed by atoms with E-state index in [4.69, 9.17) is 4.74 Å². The third-order valence-electron chi connectivity index (χ3n) is 6.26. The number of amides is 2. The first-order valence-electron chi connectivity index (χ1n) is 12.8. The molecule has 8 nitrogen and oxygen atoms in total. The van der Waals surface area contributed by atoms with Crippen molar-refractivity contribution in [2.45, 2.75) is 58.1 Å². The third kappa shape index (κ3) is 7.60. The molecule has 0 aliphatic rings. The number of ether oxygens (including phenoxy) is 1. The Morgan fingerprint density at radius 1 is 0.897 bits per heavy atom. The van der Waals surface area contributed by atoms with Crippen molar-refractivity contribution < 1.29 is 22.7 Å². The number of carbonyl (C=O) groups excluding carboxylic acids is 2. The van der Waals surface area contributed by atoms with Crippen LogP contribution >= 0.6 is 0 Å². The van der Waals surface area contributed by atoms with Crippen molar-refractivity contribution in [1.82, 2.24) is 10.2 Å². The molecule has 0 aromatic heterocycles. The number of anilines is 1. The first-order chi connectivity index (χ1) is 18.4. The van der Waals surface area contributed by atoms with E-state index in [2.05, 4.69) is 5.32 Å². The number of rotatable bonds is 11. The van der Waals surface area contributed by atoms with Crippen molar-refractivity contribution in [2.24, 2.45) is 0 Å². The van der Waals surface area contributed by atoms with Crippen LogP contribution in [-0.4, -0.2) is 50.9 Å². The van der Waals surface area contributed by atoms with Gasteiger partial charge in [-0.1, -0.05) is 42.0 Å². The fourth-order valence-corrected chi connectivity index (χ4v) is 5.51. The molecule has 0 aliphatic heterocycles. The molecule has 0 bridgehead atoms. The number of sulfonamides is 1. The van der Waals surface area contributed by atoms with Crippen molar-refractivity contribution in [3.8, 4) is 5.75 Å². The lowest BCUT2D eigenvalue weighted by Gasteiger charge is -2.32. The van der Waals surface area contributed by atoms with Gasteiger partial charge in [0, 0.05) is 12.6 Å². The summed E-state index contributed by atoms with van der Waals surface area (Å²) in [7, 11) is -2.55. The molecule has 0 saturated carbocycles. The normalized spacial score (nSPS) is 12.1. The van der Waals surface area contributed by atoms with Gasteiger partial charge in [0.05, 0.1) is 17.7 Å². The Balaban J connectivity index is 2.04. The molecular weight excluding hydrogens is 514 g/mol. The van der Waals surface area contributed by atoms with Gasteiger partial charge in [0.1, 0.15) is 18.3 Å². The van der Waals surface area contributed by atoms with Gasteiger partial charge in [-0.05, 0) is 82.1 Å². The average molecular weight is 552 g/mol. The number of benzene rings is 3. The molecule has 208 valence electrons. The maximum Gasteiger partial charge on any atom is 0.264 e. The Hall–Kier alpha value is -3.85. The largest absolute Gasteiger partial charge is 0.497 e. The van der Waals surface area contributed by atoms with Crippen LogP contribution in [0.3, 0.4) is 0 Å². The first kappa shape index (κ1) is 29.7. The van der Waals surface area contributed by atoms with Crippen LogP contribution in [-0.2, 0) is 26.2 Å². The minimum atomic E-state index is -4.10. The molecule has 0 saturated heterocycles. The Labute approximate surface area is 231 Å².